The summed E-state index contributed by atoms with van der Waals surface area (Å²) < 4.78 is 13.1. The number of hydrogen-bond donors (Lipinski definition) is 3. The lowest BCUT2D eigenvalue weighted by Crippen LogP contribution is -2.30. The van der Waals surface area contributed by atoms with Gasteiger partial charge in [0.25, 0.3) is 0 Å². The zero-order valence-electron chi connectivity index (χ0n) is 7.91. The maximum absolute atomic E-state index is 13.1. The molecule has 0 bridgehead atoms. The molecule has 0 fully saturated rings. The van der Waals surface area contributed by atoms with Crippen LogP contribution in [0.5, 0.6) is 0 Å². The standard InChI is InChI=1S/C10H15FN2O/c11-9-3-1-2-4-10(9)13-7-8(12)5-6-14/h1-4,8,13-14H,5-7,12H2. The van der Waals surface area contributed by atoms with E-state index in [4.69, 9.17) is 10.8 Å². The van der Waals surface area contributed by atoms with Gasteiger partial charge < -0.3 is 16.2 Å². The molecule has 0 amide bonds. The number of benzene rings is 1. The van der Waals surface area contributed by atoms with Crippen LogP contribution in [-0.2, 0) is 0 Å². The number of aliphatic hydroxyl groups excluding tert-OH is 1. The summed E-state index contributed by atoms with van der Waals surface area (Å²) in [6.07, 6.45) is 0.515. The fourth-order valence-corrected chi connectivity index (χ4v) is 1.11. The van der Waals surface area contributed by atoms with Gasteiger partial charge in [0.1, 0.15) is 5.82 Å². The molecule has 4 heteroatoms. The Labute approximate surface area is 82.7 Å². The second kappa shape index (κ2) is 5.57. The number of halogens is 1. The van der Waals surface area contributed by atoms with E-state index >= 15 is 0 Å². The largest absolute Gasteiger partial charge is 0.396 e. The van der Waals surface area contributed by atoms with Crippen molar-refractivity contribution in [2.45, 2.75) is 12.5 Å². The summed E-state index contributed by atoms with van der Waals surface area (Å²) in [7, 11) is 0. The molecule has 1 atom stereocenters. The van der Waals surface area contributed by atoms with E-state index < -0.39 is 0 Å². The Bertz CT molecular complexity index is 281. The molecule has 0 radical (unpaired) electrons. The third kappa shape index (κ3) is 3.32. The highest BCUT2D eigenvalue weighted by Gasteiger charge is 2.03. The quantitative estimate of drug-likeness (QED) is 0.660. The van der Waals surface area contributed by atoms with E-state index in [0.29, 0.717) is 18.7 Å². The zero-order valence-corrected chi connectivity index (χ0v) is 7.91. The van der Waals surface area contributed by atoms with Gasteiger partial charge in [-0.15, -0.1) is 0 Å². The summed E-state index contributed by atoms with van der Waals surface area (Å²) in [4.78, 5) is 0. The minimum absolute atomic E-state index is 0.0557. The molecule has 0 aliphatic carbocycles. The molecule has 0 saturated heterocycles. The van der Waals surface area contributed by atoms with Crippen LogP contribution >= 0.6 is 0 Å². The van der Waals surface area contributed by atoms with Crippen LogP contribution in [0, 0.1) is 5.82 Å². The highest BCUT2D eigenvalue weighted by atomic mass is 19.1. The number of nitrogens with one attached hydrogen (secondary N) is 1. The van der Waals surface area contributed by atoms with Gasteiger partial charge in [-0.05, 0) is 18.6 Å². The van der Waals surface area contributed by atoms with E-state index in [9.17, 15) is 4.39 Å². The fraction of sp³-hybridized carbons (Fsp3) is 0.400. The predicted octanol–water partition coefficient (Wildman–Crippen LogP) is 0.947. The molecule has 0 spiro atoms. The minimum atomic E-state index is -0.288. The van der Waals surface area contributed by atoms with Gasteiger partial charge in [0.2, 0.25) is 0 Å². The van der Waals surface area contributed by atoms with Gasteiger partial charge in [-0.25, -0.2) is 4.39 Å². The van der Waals surface area contributed by atoms with Crippen molar-refractivity contribution in [2.24, 2.45) is 5.73 Å². The van der Waals surface area contributed by atoms with Gasteiger partial charge in [0, 0.05) is 19.2 Å². The molecule has 3 nitrogen and oxygen atoms in total. The maximum Gasteiger partial charge on any atom is 0.146 e. The molecule has 4 N–H and O–H groups in total. The van der Waals surface area contributed by atoms with Crippen LogP contribution in [0.1, 0.15) is 6.42 Å². The van der Waals surface area contributed by atoms with Crippen LogP contribution in [0.2, 0.25) is 0 Å². The second-order valence-corrected chi connectivity index (χ2v) is 3.13. The van der Waals surface area contributed by atoms with Gasteiger partial charge >= 0.3 is 0 Å². The Morgan fingerprint density at radius 1 is 1.43 bits per heavy atom. The number of rotatable bonds is 5. The van der Waals surface area contributed by atoms with Crippen LogP contribution < -0.4 is 11.1 Å². The molecule has 0 saturated carbocycles. The van der Waals surface area contributed by atoms with E-state index in [1.165, 1.54) is 6.07 Å². The van der Waals surface area contributed by atoms with Crippen molar-refractivity contribution in [3.8, 4) is 0 Å². The van der Waals surface area contributed by atoms with Gasteiger partial charge in [0.15, 0.2) is 0 Å². The molecule has 0 aliphatic rings. The van der Waals surface area contributed by atoms with E-state index in [0.717, 1.165) is 0 Å². The van der Waals surface area contributed by atoms with Crippen LogP contribution in [0.3, 0.4) is 0 Å². The number of anilines is 1. The van der Waals surface area contributed by atoms with Crippen molar-refractivity contribution in [1.29, 1.82) is 0 Å². The Balaban J connectivity index is 2.41. The summed E-state index contributed by atoms with van der Waals surface area (Å²) in [5, 5.41) is 11.5. The Morgan fingerprint density at radius 2 is 2.14 bits per heavy atom. The molecular weight excluding hydrogens is 183 g/mol. The molecule has 1 aromatic carbocycles. The first-order valence-corrected chi connectivity index (χ1v) is 4.59. The molecule has 1 unspecified atom stereocenters. The molecule has 78 valence electrons. The Morgan fingerprint density at radius 3 is 2.79 bits per heavy atom. The van der Waals surface area contributed by atoms with Crippen molar-refractivity contribution in [2.75, 3.05) is 18.5 Å². The predicted molar refractivity (Wildman–Crippen MR) is 54.6 cm³/mol. The lowest BCUT2D eigenvalue weighted by atomic mass is 10.2. The fourth-order valence-electron chi connectivity index (χ4n) is 1.11. The van der Waals surface area contributed by atoms with Gasteiger partial charge in [-0.3, -0.25) is 0 Å². The zero-order chi connectivity index (χ0) is 10.4. The van der Waals surface area contributed by atoms with Gasteiger partial charge in [-0.2, -0.15) is 0 Å². The normalized spacial score (nSPS) is 12.5. The molecular formula is C10H15FN2O. The minimum Gasteiger partial charge on any atom is -0.396 e. The molecule has 1 rings (SSSR count). The molecule has 14 heavy (non-hydrogen) atoms. The monoisotopic (exact) mass is 198 g/mol. The summed E-state index contributed by atoms with van der Waals surface area (Å²) in [6.45, 7) is 0.515. The van der Waals surface area contributed by atoms with Crippen LogP contribution in [-0.4, -0.2) is 24.3 Å². The van der Waals surface area contributed by atoms with Crippen molar-refractivity contribution in [1.82, 2.24) is 0 Å². The first-order valence-electron chi connectivity index (χ1n) is 4.59. The topological polar surface area (TPSA) is 58.3 Å². The van der Waals surface area contributed by atoms with E-state index in [1.807, 2.05) is 0 Å². The third-order valence-corrected chi connectivity index (χ3v) is 1.93. The maximum atomic E-state index is 13.1. The summed E-state index contributed by atoms with van der Waals surface area (Å²) in [6, 6.07) is 6.28. The van der Waals surface area contributed by atoms with Crippen LogP contribution in [0.15, 0.2) is 24.3 Å². The Kier molecular flexibility index (Phi) is 4.35. The number of hydrogen-bond acceptors (Lipinski definition) is 3. The highest BCUT2D eigenvalue weighted by molar-refractivity contribution is 5.44. The van der Waals surface area contributed by atoms with E-state index in [1.54, 1.807) is 18.2 Å². The number of aliphatic hydroxyl groups is 1. The average molecular weight is 198 g/mol. The molecule has 0 heterocycles. The van der Waals surface area contributed by atoms with Crippen molar-refractivity contribution >= 4 is 5.69 Å². The van der Waals surface area contributed by atoms with Crippen LogP contribution in [0.25, 0.3) is 0 Å². The lowest BCUT2D eigenvalue weighted by Gasteiger charge is -2.12. The highest BCUT2D eigenvalue weighted by Crippen LogP contribution is 2.11. The van der Waals surface area contributed by atoms with Crippen molar-refractivity contribution in [3.63, 3.8) is 0 Å². The molecule has 1 aromatic rings. The van der Waals surface area contributed by atoms with Gasteiger partial charge in [-0.1, -0.05) is 12.1 Å². The van der Waals surface area contributed by atoms with Crippen molar-refractivity contribution in [3.05, 3.63) is 30.1 Å². The average Bonchev–Trinajstić information content (AvgIpc) is 2.17. The molecule has 0 aromatic heterocycles. The van der Waals surface area contributed by atoms with E-state index in [-0.39, 0.29) is 18.5 Å². The summed E-state index contributed by atoms with van der Waals surface area (Å²) in [5.74, 6) is -0.288. The first-order chi connectivity index (χ1) is 6.74. The number of nitrogens with two attached hydrogens (primary N) is 1. The lowest BCUT2D eigenvalue weighted by molar-refractivity contribution is 0.277. The van der Waals surface area contributed by atoms with Crippen molar-refractivity contribution < 1.29 is 9.50 Å². The second-order valence-electron chi connectivity index (χ2n) is 3.13. The Hall–Kier alpha value is -1.13. The smallest absolute Gasteiger partial charge is 0.146 e. The third-order valence-electron chi connectivity index (χ3n) is 1.93. The van der Waals surface area contributed by atoms with Crippen LogP contribution in [0.4, 0.5) is 10.1 Å². The summed E-state index contributed by atoms with van der Waals surface area (Å²) >= 11 is 0. The first kappa shape index (κ1) is 10.9. The summed E-state index contributed by atoms with van der Waals surface area (Å²) in [5.41, 5.74) is 6.08. The SMILES string of the molecule is NC(CCO)CNc1ccccc1F. The van der Waals surface area contributed by atoms with Gasteiger partial charge in [0.05, 0.1) is 5.69 Å². The number of para-hydroxylation sites is 1. The molecule has 0 aliphatic heterocycles. The van der Waals surface area contributed by atoms with E-state index in [2.05, 4.69) is 5.32 Å².